The maximum atomic E-state index is 11.4. The molecule has 0 aliphatic rings. The summed E-state index contributed by atoms with van der Waals surface area (Å²) in [5, 5.41) is 0. The molecule has 0 aliphatic heterocycles. The summed E-state index contributed by atoms with van der Waals surface area (Å²) in [6, 6.07) is 4.19. The van der Waals surface area contributed by atoms with E-state index in [0.29, 0.717) is 0 Å². The molecule has 0 heterocycles. The lowest BCUT2D eigenvalue weighted by molar-refractivity contribution is 0.0998. The first-order chi connectivity index (χ1) is 7.13. The second kappa shape index (κ2) is 4.96. The number of aryl methyl sites for hydroxylation is 3. The SMILES string of the molecule is CCc1cc(CC)c(C(N)=O)c(CC)c1. The monoisotopic (exact) mass is 205 g/mol. The fourth-order valence-corrected chi connectivity index (χ4v) is 1.92. The molecule has 0 aromatic heterocycles. The zero-order chi connectivity index (χ0) is 11.4. The standard InChI is InChI=1S/C13H19NO/c1-4-9-7-10(5-2)12(13(14)15)11(6-3)8-9/h7-8H,4-6H2,1-3H3,(H2,14,15). The summed E-state index contributed by atoms with van der Waals surface area (Å²) in [7, 11) is 0. The van der Waals surface area contributed by atoms with E-state index < -0.39 is 0 Å². The Kier molecular flexibility index (Phi) is 3.89. The van der Waals surface area contributed by atoms with Crippen molar-refractivity contribution in [3.8, 4) is 0 Å². The summed E-state index contributed by atoms with van der Waals surface area (Å²) >= 11 is 0. The first-order valence-corrected chi connectivity index (χ1v) is 5.58. The van der Waals surface area contributed by atoms with Gasteiger partial charge in [-0.15, -0.1) is 0 Å². The van der Waals surface area contributed by atoms with Crippen molar-refractivity contribution < 1.29 is 4.79 Å². The lowest BCUT2D eigenvalue weighted by Crippen LogP contribution is -2.16. The summed E-state index contributed by atoms with van der Waals surface area (Å²) in [5.74, 6) is -0.300. The number of benzene rings is 1. The number of nitrogens with two attached hydrogens (primary N) is 1. The van der Waals surface area contributed by atoms with Crippen molar-refractivity contribution in [2.45, 2.75) is 40.0 Å². The second-order valence-corrected chi connectivity index (χ2v) is 3.71. The van der Waals surface area contributed by atoms with Crippen molar-refractivity contribution in [2.24, 2.45) is 5.73 Å². The van der Waals surface area contributed by atoms with Crippen LogP contribution in [0.3, 0.4) is 0 Å². The van der Waals surface area contributed by atoms with Gasteiger partial charge in [0.1, 0.15) is 0 Å². The highest BCUT2D eigenvalue weighted by atomic mass is 16.1. The number of amides is 1. The van der Waals surface area contributed by atoms with E-state index in [1.54, 1.807) is 0 Å². The Morgan fingerprint density at radius 1 is 1.07 bits per heavy atom. The highest BCUT2D eigenvalue weighted by molar-refractivity contribution is 5.96. The Balaban J connectivity index is 3.39. The zero-order valence-electron chi connectivity index (χ0n) is 9.76. The van der Waals surface area contributed by atoms with Gasteiger partial charge in [-0.25, -0.2) is 0 Å². The molecular formula is C13H19NO. The summed E-state index contributed by atoms with van der Waals surface area (Å²) in [6.07, 6.45) is 2.72. The number of carbonyl (C=O) groups excluding carboxylic acids is 1. The highest BCUT2D eigenvalue weighted by Gasteiger charge is 2.12. The van der Waals surface area contributed by atoms with Gasteiger partial charge in [-0.2, -0.15) is 0 Å². The molecule has 0 bridgehead atoms. The third kappa shape index (κ3) is 2.38. The van der Waals surface area contributed by atoms with E-state index in [1.165, 1.54) is 5.56 Å². The fourth-order valence-electron chi connectivity index (χ4n) is 1.92. The highest BCUT2D eigenvalue weighted by Crippen LogP contribution is 2.19. The number of primary amides is 1. The predicted molar refractivity (Wildman–Crippen MR) is 63.1 cm³/mol. The molecule has 82 valence electrons. The molecule has 2 heteroatoms. The number of hydrogen-bond acceptors (Lipinski definition) is 1. The van der Waals surface area contributed by atoms with Crippen molar-refractivity contribution in [3.63, 3.8) is 0 Å². The van der Waals surface area contributed by atoms with E-state index in [0.717, 1.165) is 36.0 Å². The minimum absolute atomic E-state index is 0.300. The van der Waals surface area contributed by atoms with E-state index in [9.17, 15) is 4.79 Å². The molecule has 1 amide bonds. The van der Waals surface area contributed by atoms with Crippen LogP contribution < -0.4 is 5.73 Å². The van der Waals surface area contributed by atoms with E-state index in [-0.39, 0.29) is 5.91 Å². The third-order valence-electron chi connectivity index (χ3n) is 2.78. The van der Waals surface area contributed by atoms with Crippen LogP contribution in [0, 0.1) is 0 Å². The molecule has 2 nitrogen and oxygen atoms in total. The lowest BCUT2D eigenvalue weighted by atomic mass is 9.93. The number of rotatable bonds is 4. The average molecular weight is 205 g/mol. The van der Waals surface area contributed by atoms with Crippen molar-refractivity contribution in [3.05, 3.63) is 34.4 Å². The fraction of sp³-hybridized carbons (Fsp3) is 0.462. The molecule has 0 saturated heterocycles. The third-order valence-corrected chi connectivity index (χ3v) is 2.78. The Labute approximate surface area is 91.5 Å². The van der Waals surface area contributed by atoms with Gasteiger partial charge in [-0.1, -0.05) is 32.9 Å². The molecule has 1 aromatic rings. The molecule has 2 N–H and O–H groups in total. The van der Waals surface area contributed by atoms with E-state index in [4.69, 9.17) is 5.73 Å². The van der Waals surface area contributed by atoms with Crippen molar-refractivity contribution in [1.82, 2.24) is 0 Å². The largest absolute Gasteiger partial charge is 0.366 e. The molecule has 0 fully saturated rings. The van der Waals surface area contributed by atoms with Crippen LogP contribution in [0.15, 0.2) is 12.1 Å². The lowest BCUT2D eigenvalue weighted by Gasteiger charge is -2.12. The van der Waals surface area contributed by atoms with Crippen molar-refractivity contribution in [2.75, 3.05) is 0 Å². The van der Waals surface area contributed by atoms with Gasteiger partial charge < -0.3 is 5.73 Å². The minimum Gasteiger partial charge on any atom is -0.366 e. The van der Waals surface area contributed by atoms with Crippen LogP contribution in [-0.4, -0.2) is 5.91 Å². The van der Waals surface area contributed by atoms with Crippen LogP contribution in [0.25, 0.3) is 0 Å². The maximum absolute atomic E-state index is 11.4. The topological polar surface area (TPSA) is 43.1 Å². The van der Waals surface area contributed by atoms with Gasteiger partial charge >= 0.3 is 0 Å². The second-order valence-electron chi connectivity index (χ2n) is 3.71. The van der Waals surface area contributed by atoms with E-state index in [1.807, 2.05) is 0 Å². The molecule has 0 spiro atoms. The summed E-state index contributed by atoms with van der Waals surface area (Å²) in [6.45, 7) is 6.24. The Morgan fingerprint density at radius 2 is 1.53 bits per heavy atom. The molecule has 15 heavy (non-hydrogen) atoms. The van der Waals surface area contributed by atoms with Gasteiger partial charge in [-0.3, -0.25) is 4.79 Å². The number of hydrogen-bond donors (Lipinski definition) is 1. The maximum Gasteiger partial charge on any atom is 0.249 e. The molecule has 0 saturated carbocycles. The normalized spacial score (nSPS) is 10.3. The van der Waals surface area contributed by atoms with Gasteiger partial charge in [0.15, 0.2) is 0 Å². The molecule has 1 rings (SSSR count). The van der Waals surface area contributed by atoms with Gasteiger partial charge in [0, 0.05) is 5.56 Å². The number of carbonyl (C=O) groups is 1. The Morgan fingerprint density at radius 3 is 1.80 bits per heavy atom. The molecule has 0 unspecified atom stereocenters. The Bertz CT molecular complexity index is 344. The van der Waals surface area contributed by atoms with E-state index in [2.05, 4.69) is 32.9 Å². The van der Waals surface area contributed by atoms with Crippen LogP contribution in [0.1, 0.15) is 47.8 Å². The zero-order valence-corrected chi connectivity index (χ0v) is 9.76. The molecule has 0 atom stereocenters. The van der Waals surface area contributed by atoms with Gasteiger partial charge in [0.25, 0.3) is 0 Å². The van der Waals surface area contributed by atoms with Crippen LogP contribution in [0.2, 0.25) is 0 Å². The predicted octanol–water partition coefficient (Wildman–Crippen LogP) is 2.47. The summed E-state index contributed by atoms with van der Waals surface area (Å²) in [5.41, 5.74) is 9.60. The first-order valence-electron chi connectivity index (χ1n) is 5.58. The minimum atomic E-state index is -0.300. The summed E-state index contributed by atoms with van der Waals surface area (Å²) in [4.78, 5) is 11.4. The van der Waals surface area contributed by atoms with Crippen LogP contribution >= 0.6 is 0 Å². The van der Waals surface area contributed by atoms with Crippen molar-refractivity contribution in [1.29, 1.82) is 0 Å². The van der Waals surface area contributed by atoms with Gasteiger partial charge in [-0.05, 0) is 36.0 Å². The smallest absolute Gasteiger partial charge is 0.249 e. The van der Waals surface area contributed by atoms with Gasteiger partial charge in [0.2, 0.25) is 5.91 Å². The molecular weight excluding hydrogens is 186 g/mol. The molecule has 0 aliphatic carbocycles. The first kappa shape index (κ1) is 11.8. The average Bonchev–Trinajstić information content (AvgIpc) is 2.26. The van der Waals surface area contributed by atoms with E-state index >= 15 is 0 Å². The molecule has 0 radical (unpaired) electrons. The van der Waals surface area contributed by atoms with Crippen LogP contribution in [0.4, 0.5) is 0 Å². The van der Waals surface area contributed by atoms with Crippen LogP contribution in [0.5, 0.6) is 0 Å². The van der Waals surface area contributed by atoms with Crippen molar-refractivity contribution >= 4 is 5.91 Å². The van der Waals surface area contributed by atoms with Gasteiger partial charge in [0.05, 0.1) is 0 Å². The Hall–Kier alpha value is -1.31. The van der Waals surface area contributed by atoms with Crippen LogP contribution in [-0.2, 0) is 19.3 Å². The quantitative estimate of drug-likeness (QED) is 0.806. The summed E-state index contributed by atoms with van der Waals surface area (Å²) < 4.78 is 0. The molecule has 1 aromatic carbocycles.